The van der Waals surface area contributed by atoms with Crippen LogP contribution in [-0.4, -0.2) is 37.2 Å². The molecular weight excluding hydrogens is 697 g/mol. The predicted octanol–water partition coefficient (Wildman–Crippen LogP) is 15.6. The average molecular weight is 793 g/mol. The summed E-state index contributed by atoms with van der Waals surface area (Å²) in [6.45, 7) is 13.6. The molecule has 0 aliphatic rings. The second kappa shape index (κ2) is 41.6. The molecule has 0 unspecified atom stereocenters. The largest absolute Gasteiger partial charge is 0.462 e. The van der Waals surface area contributed by atoms with Gasteiger partial charge in [-0.25, -0.2) is 0 Å². The number of esters is 3. The van der Waals surface area contributed by atoms with E-state index in [1.165, 1.54) is 148 Å². The second-order valence-corrected chi connectivity index (χ2v) is 18.5. The smallest absolute Gasteiger partial charge is 0.306 e. The number of carbonyl (C=O) groups is 3. The van der Waals surface area contributed by atoms with Crippen LogP contribution in [0.25, 0.3) is 0 Å². The molecule has 0 aromatic carbocycles. The van der Waals surface area contributed by atoms with E-state index >= 15 is 0 Å². The van der Waals surface area contributed by atoms with Crippen LogP contribution in [0.2, 0.25) is 0 Å². The third-order valence-electron chi connectivity index (χ3n) is 11.1. The van der Waals surface area contributed by atoms with Gasteiger partial charge < -0.3 is 14.2 Å². The van der Waals surface area contributed by atoms with Crippen LogP contribution < -0.4 is 0 Å². The van der Waals surface area contributed by atoms with Gasteiger partial charge in [-0.05, 0) is 37.0 Å². The van der Waals surface area contributed by atoms with Gasteiger partial charge in [-0.2, -0.15) is 0 Å². The highest BCUT2D eigenvalue weighted by atomic mass is 16.6. The lowest BCUT2D eigenvalue weighted by atomic mass is 10.0. The molecular formula is C50H96O6. The van der Waals surface area contributed by atoms with Crippen LogP contribution in [0.3, 0.4) is 0 Å². The number of carbonyl (C=O) groups excluding carboxylic acids is 3. The van der Waals surface area contributed by atoms with Crippen molar-refractivity contribution in [2.75, 3.05) is 13.2 Å². The number of hydrogen-bond donors (Lipinski definition) is 0. The van der Waals surface area contributed by atoms with E-state index in [9.17, 15) is 14.4 Å². The van der Waals surface area contributed by atoms with E-state index in [0.29, 0.717) is 19.3 Å². The molecule has 0 aliphatic heterocycles. The van der Waals surface area contributed by atoms with Gasteiger partial charge in [0.25, 0.3) is 0 Å². The molecule has 0 amide bonds. The molecule has 0 radical (unpaired) electrons. The molecule has 6 nitrogen and oxygen atoms in total. The second-order valence-electron chi connectivity index (χ2n) is 18.5. The maximum atomic E-state index is 12.7. The van der Waals surface area contributed by atoms with Crippen LogP contribution >= 0.6 is 0 Å². The molecule has 0 fully saturated rings. The van der Waals surface area contributed by atoms with Crippen molar-refractivity contribution < 1.29 is 28.6 Å². The molecule has 6 heteroatoms. The van der Waals surface area contributed by atoms with Crippen molar-refractivity contribution in [1.82, 2.24) is 0 Å². The Kier molecular flexibility index (Phi) is 40.4. The van der Waals surface area contributed by atoms with Crippen LogP contribution in [0.5, 0.6) is 0 Å². The molecule has 1 atom stereocenters. The lowest BCUT2D eigenvalue weighted by Gasteiger charge is -2.18. The Bertz CT molecular complexity index is 868. The van der Waals surface area contributed by atoms with Crippen molar-refractivity contribution >= 4 is 17.9 Å². The maximum Gasteiger partial charge on any atom is 0.306 e. The molecule has 0 bridgehead atoms. The zero-order chi connectivity index (χ0) is 41.3. The fraction of sp³-hybridized carbons (Fsp3) is 0.940. The first-order valence-corrected chi connectivity index (χ1v) is 24.6. The topological polar surface area (TPSA) is 78.9 Å². The highest BCUT2D eigenvalue weighted by Gasteiger charge is 2.19. The summed E-state index contributed by atoms with van der Waals surface area (Å²) in [4.78, 5) is 37.8. The van der Waals surface area contributed by atoms with Crippen molar-refractivity contribution in [2.45, 2.75) is 272 Å². The minimum absolute atomic E-state index is 0.0662. The van der Waals surface area contributed by atoms with Crippen molar-refractivity contribution in [3.05, 3.63) is 0 Å². The van der Waals surface area contributed by atoms with Crippen LogP contribution in [-0.2, 0) is 28.6 Å². The molecule has 0 saturated heterocycles. The first kappa shape index (κ1) is 54.4. The monoisotopic (exact) mass is 793 g/mol. The third-order valence-corrected chi connectivity index (χ3v) is 11.1. The number of hydrogen-bond acceptors (Lipinski definition) is 6. The molecule has 0 spiro atoms. The van der Waals surface area contributed by atoms with Crippen molar-refractivity contribution in [3.63, 3.8) is 0 Å². The number of ether oxygens (including phenoxy) is 3. The number of rotatable bonds is 43. The highest BCUT2D eigenvalue weighted by Crippen LogP contribution is 2.17. The van der Waals surface area contributed by atoms with Crippen LogP contribution in [0, 0.1) is 17.8 Å². The first-order chi connectivity index (χ1) is 27.1. The predicted molar refractivity (Wildman–Crippen MR) is 238 cm³/mol. The summed E-state index contributed by atoms with van der Waals surface area (Å²) in [6, 6.07) is 0. The Morgan fingerprint density at radius 2 is 0.518 bits per heavy atom. The Morgan fingerprint density at radius 1 is 0.304 bits per heavy atom. The summed E-state index contributed by atoms with van der Waals surface area (Å²) in [5.74, 6) is 1.55. The van der Waals surface area contributed by atoms with Gasteiger partial charge in [-0.3, -0.25) is 14.4 Å². The van der Waals surface area contributed by atoms with Gasteiger partial charge in [0.2, 0.25) is 0 Å². The Morgan fingerprint density at radius 3 is 0.768 bits per heavy atom. The van der Waals surface area contributed by atoms with Crippen LogP contribution in [0.1, 0.15) is 266 Å². The SMILES string of the molecule is CC(C)CCCCCCCCCCCCCCCCC(=O)OC[C@H](COC(=O)CCCCCCCCCCCC(C)C)OC(=O)CCCCCCCCC(C)C. The molecule has 0 heterocycles. The average Bonchev–Trinajstić information content (AvgIpc) is 3.15. The summed E-state index contributed by atoms with van der Waals surface area (Å²) in [7, 11) is 0. The molecule has 332 valence electrons. The Balaban J connectivity index is 4.25. The van der Waals surface area contributed by atoms with E-state index in [1.807, 2.05) is 0 Å². The number of unbranched alkanes of at least 4 members (excludes halogenated alkanes) is 26. The van der Waals surface area contributed by atoms with Gasteiger partial charge in [0, 0.05) is 19.3 Å². The Labute approximate surface area is 348 Å². The lowest BCUT2D eigenvalue weighted by molar-refractivity contribution is -0.167. The summed E-state index contributed by atoms with van der Waals surface area (Å²) in [6.07, 6.45) is 39.6. The summed E-state index contributed by atoms with van der Waals surface area (Å²) >= 11 is 0. The molecule has 0 N–H and O–H groups in total. The normalized spacial score (nSPS) is 12.2. The third kappa shape index (κ3) is 43.5. The zero-order valence-corrected chi connectivity index (χ0v) is 38.4. The summed E-state index contributed by atoms with van der Waals surface area (Å²) < 4.78 is 16.7. The minimum Gasteiger partial charge on any atom is -0.462 e. The fourth-order valence-corrected chi connectivity index (χ4v) is 7.41. The lowest BCUT2D eigenvalue weighted by Crippen LogP contribution is -2.30. The van der Waals surface area contributed by atoms with Crippen LogP contribution in [0.15, 0.2) is 0 Å². The van der Waals surface area contributed by atoms with Gasteiger partial charge in [-0.15, -0.1) is 0 Å². The molecule has 0 rings (SSSR count). The van der Waals surface area contributed by atoms with E-state index in [2.05, 4.69) is 41.5 Å². The van der Waals surface area contributed by atoms with Crippen LogP contribution in [0.4, 0.5) is 0 Å². The summed E-state index contributed by atoms with van der Waals surface area (Å²) in [5, 5.41) is 0. The quantitative estimate of drug-likeness (QED) is 0.0348. The van der Waals surface area contributed by atoms with Crippen molar-refractivity contribution in [1.29, 1.82) is 0 Å². The molecule has 0 aromatic rings. The fourth-order valence-electron chi connectivity index (χ4n) is 7.41. The van der Waals surface area contributed by atoms with Gasteiger partial charge >= 0.3 is 17.9 Å². The standard InChI is InChI=1S/C50H96O6/c1-44(2)36-30-24-18-14-11-9-7-8-10-12-16-20-27-33-39-48(51)54-42-47(56-50(53)41-35-29-23-22-26-32-38-46(5)6)43-55-49(52)40-34-28-21-17-13-15-19-25-31-37-45(3)4/h44-47H,7-43H2,1-6H3/t47-/m1/s1. The van der Waals surface area contributed by atoms with E-state index in [1.54, 1.807) is 0 Å². The molecule has 0 saturated carbocycles. The van der Waals surface area contributed by atoms with E-state index < -0.39 is 6.10 Å². The Hall–Kier alpha value is -1.59. The maximum absolute atomic E-state index is 12.7. The van der Waals surface area contributed by atoms with Crippen molar-refractivity contribution in [3.8, 4) is 0 Å². The van der Waals surface area contributed by atoms with Gasteiger partial charge in [-0.1, -0.05) is 228 Å². The van der Waals surface area contributed by atoms with Gasteiger partial charge in [0.05, 0.1) is 0 Å². The molecule has 0 aromatic heterocycles. The minimum atomic E-state index is -0.762. The first-order valence-electron chi connectivity index (χ1n) is 24.6. The highest BCUT2D eigenvalue weighted by molar-refractivity contribution is 5.71. The van der Waals surface area contributed by atoms with E-state index in [4.69, 9.17) is 14.2 Å². The van der Waals surface area contributed by atoms with Gasteiger partial charge in [0.1, 0.15) is 13.2 Å². The van der Waals surface area contributed by atoms with E-state index in [-0.39, 0.29) is 31.1 Å². The zero-order valence-electron chi connectivity index (χ0n) is 38.4. The van der Waals surface area contributed by atoms with E-state index in [0.717, 1.165) is 75.5 Å². The van der Waals surface area contributed by atoms with Crippen molar-refractivity contribution in [2.24, 2.45) is 17.8 Å². The summed E-state index contributed by atoms with van der Waals surface area (Å²) in [5.41, 5.74) is 0. The molecule has 0 aliphatic carbocycles. The molecule has 56 heavy (non-hydrogen) atoms. The van der Waals surface area contributed by atoms with Gasteiger partial charge in [0.15, 0.2) is 6.10 Å².